The van der Waals surface area contributed by atoms with E-state index < -0.39 is 0 Å². The molecule has 0 spiro atoms. The van der Waals surface area contributed by atoms with E-state index in [0.717, 1.165) is 30.1 Å². The van der Waals surface area contributed by atoms with E-state index in [1.165, 1.54) is 44.1 Å². The monoisotopic (exact) mass is 372 g/mol. The van der Waals surface area contributed by atoms with Crippen molar-refractivity contribution in [3.05, 3.63) is 48.6 Å². The molecule has 2 aliphatic carbocycles. The maximum Gasteiger partial charge on any atom is -0.00973 e. The summed E-state index contributed by atoms with van der Waals surface area (Å²) < 4.78 is 0. The first kappa shape index (κ1) is 26.0. The zero-order valence-electron chi connectivity index (χ0n) is 19.6. The molecule has 2 aliphatic rings. The molecule has 0 N–H and O–H groups in total. The minimum atomic E-state index is 0.701. The van der Waals surface area contributed by atoms with Crippen molar-refractivity contribution in [3.8, 4) is 0 Å². The molecule has 0 heteroatoms. The van der Waals surface area contributed by atoms with Crippen molar-refractivity contribution in [2.24, 2.45) is 29.6 Å². The van der Waals surface area contributed by atoms with Crippen LogP contribution in [0.5, 0.6) is 0 Å². The highest BCUT2D eigenvalue weighted by Gasteiger charge is 2.39. The van der Waals surface area contributed by atoms with Gasteiger partial charge in [-0.25, -0.2) is 0 Å². The number of hydrogen-bond acceptors (Lipinski definition) is 0. The van der Waals surface area contributed by atoms with E-state index in [9.17, 15) is 0 Å². The normalized spacial score (nSPS) is 27.0. The van der Waals surface area contributed by atoms with Crippen molar-refractivity contribution in [2.45, 2.75) is 93.4 Å². The second kappa shape index (κ2) is 14.9. The summed E-state index contributed by atoms with van der Waals surface area (Å²) in [6, 6.07) is 0. The number of hydrogen-bond donors (Lipinski definition) is 0. The lowest BCUT2D eigenvalue weighted by atomic mass is 9.60. The number of unbranched alkanes of at least 4 members (excludes halogenated alkanes) is 1. The molecule has 0 saturated carbocycles. The predicted octanol–water partition coefficient (Wildman–Crippen LogP) is 9.16. The molecule has 5 unspecified atom stereocenters. The maximum atomic E-state index is 4.19. The lowest BCUT2D eigenvalue weighted by molar-refractivity contribution is 0.136. The van der Waals surface area contributed by atoms with Crippen LogP contribution in [0.4, 0.5) is 0 Å². The van der Waals surface area contributed by atoms with Crippen LogP contribution < -0.4 is 0 Å². The minimum absolute atomic E-state index is 0.701. The fourth-order valence-corrected chi connectivity index (χ4v) is 4.81. The zero-order valence-corrected chi connectivity index (χ0v) is 19.6. The van der Waals surface area contributed by atoms with Gasteiger partial charge in [0.15, 0.2) is 0 Å². The molecule has 0 aliphatic heterocycles. The molecule has 27 heavy (non-hydrogen) atoms. The average Bonchev–Trinajstić information content (AvgIpc) is 2.64. The summed E-state index contributed by atoms with van der Waals surface area (Å²) in [5, 5.41) is 0. The summed E-state index contributed by atoms with van der Waals surface area (Å²) >= 11 is 0. The van der Waals surface area contributed by atoms with Gasteiger partial charge in [-0.15, -0.1) is 13.2 Å². The van der Waals surface area contributed by atoms with Gasteiger partial charge in [-0.3, -0.25) is 0 Å². The fourth-order valence-electron chi connectivity index (χ4n) is 4.81. The molecule has 0 aromatic carbocycles. The smallest absolute Gasteiger partial charge is 0.00973 e. The second-order valence-electron chi connectivity index (χ2n) is 8.43. The third kappa shape index (κ3) is 8.67. The van der Waals surface area contributed by atoms with Crippen LogP contribution in [0.2, 0.25) is 0 Å². The summed E-state index contributed by atoms with van der Waals surface area (Å²) in [4.78, 5) is 0. The minimum Gasteiger partial charge on any atom is -0.103 e. The van der Waals surface area contributed by atoms with Gasteiger partial charge in [0.1, 0.15) is 0 Å². The third-order valence-electron chi connectivity index (χ3n) is 5.76. The Kier molecular flexibility index (Phi) is 14.4. The molecule has 0 saturated heterocycles. The molecule has 0 radical (unpaired) electrons. The van der Waals surface area contributed by atoms with Crippen molar-refractivity contribution in [3.63, 3.8) is 0 Å². The van der Waals surface area contributed by atoms with Crippen LogP contribution >= 0.6 is 0 Å². The molecule has 0 aromatic rings. The van der Waals surface area contributed by atoms with E-state index in [1.54, 1.807) is 5.57 Å². The van der Waals surface area contributed by atoms with Gasteiger partial charge >= 0.3 is 0 Å². The third-order valence-corrected chi connectivity index (χ3v) is 5.76. The highest BCUT2D eigenvalue weighted by molar-refractivity contribution is 5.30. The van der Waals surface area contributed by atoms with Gasteiger partial charge < -0.3 is 0 Å². The summed E-state index contributed by atoms with van der Waals surface area (Å²) in [6.45, 7) is 23.4. The van der Waals surface area contributed by atoms with Crippen molar-refractivity contribution in [1.82, 2.24) is 0 Å². The first-order chi connectivity index (χ1) is 13.0. The van der Waals surface area contributed by atoms with Crippen LogP contribution in [-0.2, 0) is 0 Å². The van der Waals surface area contributed by atoms with E-state index in [1.807, 2.05) is 13.8 Å². The topological polar surface area (TPSA) is 0 Å². The Balaban J connectivity index is 0.00000123. The van der Waals surface area contributed by atoms with Crippen LogP contribution in [0.3, 0.4) is 0 Å². The van der Waals surface area contributed by atoms with Gasteiger partial charge in [0.05, 0.1) is 0 Å². The molecular weight excluding hydrogens is 324 g/mol. The summed E-state index contributed by atoms with van der Waals surface area (Å²) in [5.41, 5.74) is 2.97. The van der Waals surface area contributed by atoms with Crippen LogP contribution in [0, 0.1) is 29.6 Å². The van der Waals surface area contributed by atoms with Gasteiger partial charge in [-0.05, 0) is 74.2 Å². The lowest BCUT2D eigenvalue weighted by Gasteiger charge is -2.45. The molecule has 0 aromatic heterocycles. The number of fused-ring (bicyclic) bond motifs is 1. The molecule has 0 nitrogen and oxygen atoms in total. The molecule has 2 rings (SSSR count). The summed E-state index contributed by atoms with van der Waals surface area (Å²) in [6.07, 6.45) is 18.3. The van der Waals surface area contributed by atoms with Crippen LogP contribution in [0.1, 0.15) is 93.4 Å². The Hall–Kier alpha value is -1.04. The van der Waals surface area contributed by atoms with Gasteiger partial charge in [0, 0.05) is 0 Å². The highest BCUT2D eigenvalue weighted by atomic mass is 14.4. The van der Waals surface area contributed by atoms with E-state index in [0.29, 0.717) is 5.92 Å². The maximum absolute atomic E-state index is 4.19. The van der Waals surface area contributed by atoms with E-state index in [2.05, 4.69) is 72.1 Å². The number of rotatable bonds is 7. The molecule has 0 bridgehead atoms. The van der Waals surface area contributed by atoms with Crippen LogP contribution in [0.15, 0.2) is 48.6 Å². The Labute approximate surface area is 171 Å². The van der Waals surface area contributed by atoms with Gasteiger partial charge in [-0.1, -0.05) is 84.3 Å². The average molecular weight is 373 g/mol. The van der Waals surface area contributed by atoms with Crippen molar-refractivity contribution in [2.75, 3.05) is 0 Å². The predicted molar refractivity (Wildman–Crippen MR) is 126 cm³/mol. The standard InChI is InChI=1S/C22H34.C3H8.C2H6/c1-6-7-8-10-17(4)21-18(5)13-14-19-11-9-12-20(22(19)21)15-16(2)3;1-3-2;1-2/h6,11,13-14,17-18,20-22H,1-2,7-10,12,15H2,3-5H3;3H2,1-2H3;1-2H3. The van der Waals surface area contributed by atoms with Gasteiger partial charge in [0.2, 0.25) is 0 Å². The second-order valence-corrected chi connectivity index (χ2v) is 8.43. The first-order valence-corrected chi connectivity index (χ1v) is 11.6. The summed E-state index contributed by atoms with van der Waals surface area (Å²) in [5.74, 6) is 3.84. The summed E-state index contributed by atoms with van der Waals surface area (Å²) in [7, 11) is 0. The Morgan fingerprint density at radius 1 is 1.30 bits per heavy atom. The van der Waals surface area contributed by atoms with Gasteiger partial charge in [-0.2, -0.15) is 0 Å². The molecule has 5 atom stereocenters. The van der Waals surface area contributed by atoms with E-state index in [-0.39, 0.29) is 0 Å². The zero-order chi connectivity index (χ0) is 20.8. The number of allylic oxidation sites excluding steroid dienone is 6. The van der Waals surface area contributed by atoms with Crippen molar-refractivity contribution in [1.29, 1.82) is 0 Å². The molecular formula is C27H48. The quantitative estimate of drug-likeness (QED) is 0.308. The first-order valence-electron chi connectivity index (χ1n) is 11.6. The van der Waals surface area contributed by atoms with Crippen LogP contribution in [-0.4, -0.2) is 0 Å². The Bertz CT molecular complexity index is 464. The Morgan fingerprint density at radius 2 is 1.93 bits per heavy atom. The molecule has 0 heterocycles. The largest absolute Gasteiger partial charge is 0.103 e. The van der Waals surface area contributed by atoms with Crippen molar-refractivity contribution >= 4 is 0 Å². The Morgan fingerprint density at radius 3 is 2.48 bits per heavy atom. The van der Waals surface area contributed by atoms with Crippen molar-refractivity contribution < 1.29 is 0 Å². The lowest BCUT2D eigenvalue weighted by Crippen LogP contribution is -2.37. The van der Waals surface area contributed by atoms with Crippen LogP contribution in [0.25, 0.3) is 0 Å². The molecule has 0 amide bonds. The highest BCUT2D eigenvalue weighted by Crippen LogP contribution is 2.48. The molecule has 0 fully saturated rings. The molecule has 156 valence electrons. The fraction of sp³-hybridized carbons (Fsp3) is 0.704. The van der Waals surface area contributed by atoms with E-state index in [4.69, 9.17) is 0 Å². The van der Waals surface area contributed by atoms with E-state index >= 15 is 0 Å². The SMILES string of the molecule is C=CCCCC(C)C1C(C)C=CC2=CCCC(CC(=C)C)C21.CC.CCC. The van der Waals surface area contributed by atoms with Gasteiger partial charge in [0.25, 0.3) is 0 Å².